The number of hydrogen-bond acceptors (Lipinski definition) is 11. The topological polar surface area (TPSA) is 185 Å². The number of ether oxygens (including phenoxy) is 3. The maximum atomic E-state index is 14.7. The van der Waals surface area contributed by atoms with E-state index in [0.29, 0.717) is 74.5 Å². The average molecular weight is 991 g/mol. The summed E-state index contributed by atoms with van der Waals surface area (Å²) in [4.78, 5) is 83.9. The Morgan fingerprint density at radius 3 is 1.99 bits per heavy atom. The van der Waals surface area contributed by atoms with Crippen LogP contribution in [-0.2, 0) is 66.5 Å². The Morgan fingerprint density at radius 1 is 0.778 bits per heavy atom. The summed E-state index contributed by atoms with van der Waals surface area (Å²) in [5.74, 6) is -2.27. The summed E-state index contributed by atoms with van der Waals surface area (Å²) in [7, 11) is 1.76. The van der Waals surface area contributed by atoms with Crippen molar-refractivity contribution in [1.82, 2.24) is 25.6 Å². The molecule has 0 bridgehead atoms. The first-order chi connectivity index (χ1) is 33.9. The molecule has 72 heavy (non-hydrogen) atoms. The van der Waals surface area contributed by atoms with Gasteiger partial charge >= 0.3 is 5.97 Å². The second kappa shape index (κ2) is 26.6. The number of ketones is 3. The minimum Gasteiger partial charge on any atom is -0.483 e. The van der Waals surface area contributed by atoms with Gasteiger partial charge in [0.2, 0.25) is 11.8 Å². The van der Waals surface area contributed by atoms with Crippen LogP contribution >= 0.6 is 0 Å². The molecule has 390 valence electrons. The molecule has 3 aromatic carbocycles. The lowest BCUT2D eigenvalue weighted by Gasteiger charge is -2.41. The fourth-order valence-corrected chi connectivity index (χ4v) is 9.55. The lowest BCUT2D eigenvalue weighted by molar-refractivity contribution is -0.940. The van der Waals surface area contributed by atoms with Gasteiger partial charge in [-0.2, -0.15) is 0 Å². The van der Waals surface area contributed by atoms with Gasteiger partial charge in [0.1, 0.15) is 38.5 Å². The summed E-state index contributed by atoms with van der Waals surface area (Å²) in [6.07, 6.45) is 5.20. The highest BCUT2D eigenvalue weighted by Gasteiger charge is 2.48. The fraction of sp³-hybridized carbons (Fsp3) is 0.526. The zero-order valence-electron chi connectivity index (χ0n) is 43.8. The molecule has 1 saturated heterocycles. The van der Waals surface area contributed by atoms with E-state index < -0.39 is 35.3 Å². The standard InChI is InChI=1S/C56H74N6O9.CH3/c1-38(2)28-48(50(65)33-45(30-42-16-12-9-13-17-42)55(68)58-49(29-39(3)4)53(66)56(6)22-23-56)57-54(67)44(20-18-41-14-10-8-11-15-41)32-47(64)36-62(24-26-69-27-25-62)35-43-19-21-51(71-40(5)63)52(31-43)70-37-46-34-61(7)60-59-46;/h8-17,19,21,31,34,38-39,44-45,48-49H,18,20,22-30,32-33,35-37H2,1-7H3,(H-,57,58,67,68);1H3/q;-1/p+1/t44-,45-,48+,49+;/m1./s1. The molecule has 2 fully saturated rings. The highest BCUT2D eigenvalue weighted by Crippen LogP contribution is 2.47. The van der Waals surface area contributed by atoms with Crippen LogP contribution in [-0.4, -0.2) is 99.5 Å². The van der Waals surface area contributed by atoms with E-state index in [4.69, 9.17) is 14.2 Å². The smallest absolute Gasteiger partial charge is 0.308 e. The summed E-state index contributed by atoms with van der Waals surface area (Å²) < 4.78 is 19.3. The number of aryl methyl sites for hydroxylation is 2. The number of hydrogen-bond donors (Lipinski definition) is 2. The molecule has 0 unspecified atom stereocenters. The third-order valence-electron chi connectivity index (χ3n) is 13.7. The maximum absolute atomic E-state index is 14.7. The van der Waals surface area contributed by atoms with Gasteiger partial charge < -0.3 is 36.8 Å². The lowest BCUT2D eigenvalue weighted by Crippen LogP contribution is -2.57. The molecule has 0 spiro atoms. The van der Waals surface area contributed by atoms with Crippen LogP contribution in [0.2, 0.25) is 0 Å². The number of esters is 1. The van der Waals surface area contributed by atoms with Gasteiger partial charge in [-0.25, -0.2) is 0 Å². The van der Waals surface area contributed by atoms with Crippen LogP contribution in [0.1, 0.15) is 109 Å². The number of benzene rings is 3. The Labute approximate surface area is 426 Å². The number of carbonyl (C=O) groups is 6. The molecule has 15 heteroatoms. The quantitative estimate of drug-likeness (QED) is 0.0248. The Balaban J connectivity index is 0.00000963. The zero-order valence-corrected chi connectivity index (χ0v) is 43.8. The molecular formula is C57H78N6O9. The lowest BCUT2D eigenvalue weighted by atomic mass is 9.87. The van der Waals surface area contributed by atoms with Crippen LogP contribution in [0.3, 0.4) is 0 Å². The first-order valence-electron chi connectivity index (χ1n) is 25.4. The largest absolute Gasteiger partial charge is 0.483 e. The Kier molecular flexibility index (Phi) is 21.0. The molecule has 2 aliphatic rings. The van der Waals surface area contributed by atoms with Crippen molar-refractivity contribution in [3.8, 4) is 11.5 Å². The van der Waals surface area contributed by atoms with E-state index in [-0.39, 0.29) is 86.6 Å². The van der Waals surface area contributed by atoms with Gasteiger partial charge in [0.25, 0.3) is 0 Å². The van der Waals surface area contributed by atoms with Crippen molar-refractivity contribution < 1.29 is 47.5 Å². The zero-order chi connectivity index (χ0) is 51.1. The van der Waals surface area contributed by atoms with Gasteiger partial charge in [-0.15, -0.1) is 5.10 Å². The SMILES string of the molecule is CC(=O)Oc1ccc(C[N+]2(CC(=O)C[C@@H](CCc3ccccc3)C(=O)N[C@@H](CC(C)C)C(=O)C[C@@H](Cc3ccccc3)C(=O)N[C@@H](CC(C)C)C(=O)C3(C)CC3)CCOCC2)cc1OCc1cn(C)nn1.[CH3-]. The average Bonchev–Trinajstić information content (AvgIpc) is 3.95. The maximum Gasteiger partial charge on any atom is 0.308 e. The van der Waals surface area contributed by atoms with Crippen LogP contribution < -0.4 is 20.1 Å². The van der Waals surface area contributed by atoms with Gasteiger partial charge in [0.05, 0.1) is 31.5 Å². The highest BCUT2D eigenvalue weighted by molar-refractivity contribution is 5.97. The van der Waals surface area contributed by atoms with E-state index in [2.05, 4.69) is 20.9 Å². The number of morpholine rings is 1. The normalized spacial score (nSPS) is 16.3. The Hall–Kier alpha value is -6.06. The minimum absolute atomic E-state index is 0. The van der Waals surface area contributed by atoms with E-state index >= 15 is 0 Å². The molecule has 2 N–H and O–H groups in total. The molecule has 4 atom stereocenters. The molecule has 0 radical (unpaired) electrons. The number of nitrogens with one attached hydrogen (secondary N) is 2. The predicted octanol–water partition coefficient (Wildman–Crippen LogP) is 7.57. The molecular weight excluding hydrogens is 913 g/mol. The molecule has 4 aromatic rings. The van der Waals surface area contributed by atoms with Gasteiger partial charge in [-0.05, 0) is 86.1 Å². The van der Waals surface area contributed by atoms with Gasteiger partial charge in [-0.3, -0.25) is 33.4 Å². The second-order valence-corrected chi connectivity index (χ2v) is 21.1. The Morgan fingerprint density at radius 2 is 1.39 bits per heavy atom. The molecule has 2 heterocycles. The minimum atomic E-state index is -0.903. The van der Waals surface area contributed by atoms with Crippen LogP contribution in [0.5, 0.6) is 11.5 Å². The first kappa shape index (κ1) is 56.8. The van der Waals surface area contributed by atoms with Crippen molar-refractivity contribution in [1.29, 1.82) is 0 Å². The van der Waals surface area contributed by atoms with Gasteiger partial charge in [0.15, 0.2) is 28.8 Å². The van der Waals surface area contributed by atoms with E-state index in [0.717, 1.165) is 29.5 Å². The highest BCUT2D eigenvalue weighted by atomic mass is 16.6. The summed E-state index contributed by atoms with van der Waals surface area (Å²) in [6.45, 7) is 14.0. The van der Waals surface area contributed by atoms with Crippen molar-refractivity contribution in [2.45, 2.75) is 125 Å². The van der Waals surface area contributed by atoms with Crippen LogP contribution in [0.15, 0.2) is 85.1 Å². The van der Waals surface area contributed by atoms with Crippen molar-refractivity contribution >= 4 is 35.1 Å². The van der Waals surface area contributed by atoms with Gasteiger partial charge in [-0.1, -0.05) is 100 Å². The number of Topliss-reactive ketones (excluding diaryl/α,β-unsaturated/α-hetero) is 3. The second-order valence-electron chi connectivity index (χ2n) is 21.1. The van der Waals surface area contributed by atoms with Crippen LogP contribution in [0.4, 0.5) is 0 Å². The van der Waals surface area contributed by atoms with Crippen molar-refractivity contribution in [2.75, 3.05) is 32.8 Å². The summed E-state index contributed by atoms with van der Waals surface area (Å²) in [6, 6.07) is 23.2. The number of carbonyl (C=O) groups excluding carboxylic acids is 6. The third-order valence-corrected chi connectivity index (χ3v) is 13.7. The van der Waals surface area contributed by atoms with E-state index in [9.17, 15) is 28.8 Å². The first-order valence-corrected chi connectivity index (χ1v) is 25.4. The number of amides is 2. The molecule has 1 aliphatic heterocycles. The number of aromatic nitrogens is 3. The number of quaternary nitrogens is 1. The third kappa shape index (κ3) is 17.3. The van der Waals surface area contributed by atoms with Crippen molar-refractivity contribution in [3.63, 3.8) is 0 Å². The molecule has 1 aromatic heterocycles. The van der Waals surface area contributed by atoms with Crippen LogP contribution in [0, 0.1) is 36.5 Å². The number of rotatable bonds is 28. The molecule has 1 saturated carbocycles. The summed E-state index contributed by atoms with van der Waals surface area (Å²) >= 11 is 0. The fourth-order valence-electron chi connectivity index (χ4n) is 9.55. The van der Waals surface area contributed by atoms with E-state index in [1.807, 2.05) is 107 Å². The Bertz CT molecular complexity index is 2430. The monoisotopic (exact) mass is 991 g/mol. The van der Waals surface area contributed by atoms with Crippen molar-refractivity contribution in [3.05, 3.63) is 115 Å². The molecule has 15 nitrogen and oxygen atoms in total. The molecule has 6 rings (SSSR count). The number of nitrogens with zero attached hydrogens (tertiary/aromatic N) is 4. The van der Waals surface area contributed by atoms with Crippen molar-refractivity contribution in [2.24, 2.45) is 36.1 Å². The molecule has 1 aliphatic carbocycles. The van der Waals surface area contributed by atoms with Gasteiger partial charge in [0, 0.05) is 49.6 Å². The van der Waals surface area contributed by atoms with Crippen LogP contribution in [0.25, 0.3) is 0 Å². The molecule has 2 amide bonds. The van der Waals surface area contributed by atoms with E-state index in [1.165, 1.54) is 6.92 Å². The summed E-state index contributed by atoms with van der Waals surface area (Å²) in [5, 5.41) is 14.3. The predicted molar refractivity (Wildman–Crippen MR) is 275 cm³/mol. The van der Waals surface area contributed by atoms with E-state index in [1.54, 1.807) is 24.0 Å². The summed E-state index contributed by atoms with van der Waals surface area (Å²) in [5.41, 5.74) is 2.93.